The van der Waals surface area contributed by atoms with Crippen molar-refractivity contribution in [1.29, 1.82) is 0 Å². The van der Waals surface area contributed by atoms with Gasteiger partial charge in [-0.25, -0.2) is 0 Å². The van der Waals surface area contributed by atoms with E-state index in [-0.39, 0.29) is 70.5 Å². The van der Waals surface area contributed by atoms with Crippen LogP contribution in [0.4, 0.5) is 0 Å². The predicted octanol–water partition coefficient (Wildman–Crippen LogP) is 7.18. The van der Waals surface area contributed by atoms with Crippen LogP contribution in [0.5, 0.6) is 0 Å². The summed E-state index contributed by atoms with van der Waals surface area (Å²) in [6.07, 6.45) is 10.7. The summed E-state index contributed by atoms with van der Waals surface area (Å²) in [5.41, 5.74) is -0.387. The maximum atomic E-state index is 12.7. The Bertz CT molecular complexity index is 1190. The molecule has 6 rings (SSSR count). The molecule has 1 aliphatic heterocycles. The van der Waals surface area contributed by atoms with E-state index < -0.39 is 11.6 Å². The molecule has 10 atom stereocenters. The van der Waals surface area contributed by atoms with Crippen molar-refractivity contribution in [2.24, 2.45) is 52.3 Å². The van der Waals surface area contributed by atoms with Gasteiger partial charge in [0.25, 0.3) is 0 Å². The van der Waals surface area contributed by atoms with E-state index in [1.54, 1.807) is 0 Å². The number of carbonyl (C=O) groups is 3. The fourth-order valence-electron chi connectivity index (χ4n) is 11.5. The van der Waals surface area contributed by atoms with Gasteiger partial charge in [-0.2, -0.15) is 19.6 Å². The highest BCUT2D eigenvalue weighted by molar-refractivity contribution is 5.75. The summed E-state index contributed by atoms with van der Waals surface area (Å²) in [6, 6.07) is 0. The van der Waals surface area contributed by atoms with Crippen LogP contribution in [-0.4, -0.2) is 48.2 Å². The Morgan fingerprint density at radius 3 is 2.17 bits per heavy atom. The molecule has 1 amide bonds. The highest BCUT2D eigenvalue weighted by Crippen LogP contribution is 2.70. The molecule has 0 radical (unpaired) electrons. The SMILES string of the molecule is CCCNC(=O)CC[C@@H](C)[C@H]1CC[C@H]2[C@@H]3[C@H](OC(C)=O)C[C@@H]4CC5(CC[C@]4(C)[C@H]3C[C@H](OC(C)=O)[C@]12C)OOC1(CCC(C)CC1)OO5. The van der Waals surface area contributed by atoms with Crippen LogP contribution in [0.2, 0.25) is 0 Å². The first-order chi connectivity index (χ1) is 22.7. The fourth-order valence-corrected chi connectivity index (χ4v) is 11.5. The molecule has 1 N–H and O–H groups in total. The number of hydrogen-bond acceptors (Lipinski definition) is 9. The number of hydrogen-bond donors (Lipinski definition) is 1. The average Bonchev–Trinajstić information content (AvgIpc) is 3.40. The van der Waals surface area contributed by atoms with Crippen molar-refractivity contribution in [3.63, 3.8) is 0 Å². The van der Waals surface area contributed by atoms with Crippen molar-refractivity contribution in [1.82, 2.24) is 5.32 Å². The molecular weight excluding hydrogens is 614 g/mol. The number of rotatable bonds is 8. The van der Waals surface area contributed by atoms with Crippen LogP contribution in [0, 0.1) is 52.3 Å². The molecule has 0 bridgehead atoms. The van der Waals surface area contributed by atoms with Gasteiger partial charge in [-0.1, -0.05) is 34.6 Å². The second-order valence-electron chi connectivity index (χ2n) is 17.2. The first-order valence-corrected chi connectivity index (χ1v) is 19.1. The smallest absolute Gasteiger partial charge is 0.302 e. The second-order valence-corrected chi connectivity index (χ2v) is 17.2. The summed E-state index contributed by atoms with van der Waals surface area (Å²) < 4.78 is 12.6. The lowest BCUT2D eigenvalue weighted by Crippen LogP contribution is -2.65. The maximum Gasteiger partial charge on any atom is 0.302 e. The zero-order valence-corrected chi connectivity index (χ0v) is 30.5. The number of esters is 2. The summed E-state index contributed by atoms with van der Waals surface area (Å²) in [7, 11) is 0. The van der Waals surface area contributed by atoms with Crippen LogP contribution < -0.4 is 5.32 Å². The summed E-state index contributed by atoms with van der Waals surface area (Å²) in [4.78, 5) is 62.4. The highest BCUT2D eigenvalue weighted by atomic mass is 17.4. The molecule has 5 aliphatic carbocycles. The third kappa shape index (κ3) is 6.57. The molecule has 10 heteroatoms. The van der Waals surface area contributed by atoms with Crippen LogP contribution in [0.25, 0.3) is 0 Å². The van der Waals surface area contributed by atoms with Gasteiger partial charge in [0.1, 0.15) is 12.2 Å². The Morgan fingerprint density at radius 1 is 0.854 bits per heavy atom. The fraction of sp³-hybridized carbons (Fsp3) is 0.921. The monoisotopic (exact) mass is 675 g/mol. The van der Waals surface area contributed by atoms with Crippen molar-refractivity contribution >= 4 is 17.8 Å². The van der Waals surface area contributed by atoms with Crippen molar-refractivity contribution in [3.8, 4) is 0 Å². The Morgan fingerprint density at radius 2 is 1.52 bits per heavy atom. The number of nitrogens with one attached hydrogen (secondary N) is 1. The van der Waals surface area contributed by atoms with Crippen LogP contribution in [0.3, 0.4) is 0 Å². The van der Waals surface area contributed by atoms with Gasteiger partial charge in [0.2, 0.25) is 17.5 Å². The van der Waals surface area contributed by atoms with Crippen LogP contribution in [0.15, 0.2) is 0 Å². The lowest BCUT2D eigenvalue weighted by molar-refractivity contribution is -0.665. The number of ether oxygens (including phenoxy) is 2. The Labute approximate surface area is 287 Å². The Hall–Kier alpha value is -1.75. The zero-order valence-electron chi connectivity index (χ0n) is 30.5. The Balaban J connectivity index is 1.24. The quantitative estimate of drug-likeness (QED) is 0.211. The summed E-state index contributed by atoms with van der Waals surface area (Å²) >= 11 is 0. The van der Waals surface area contributed by atoms with E-state index in [1.165, 1.54) is 13.8 Å². The van der Waals surface area contributed by atoms with Crippen molar-refractivity contribution in [2.75, 3.05) is 6.54 Å². The minimum atomic E-state index is -0.998. The van der Waals surface area contributed by atoms with Gasteiger partial charge in [0.05, 0.1) is 0 Å². The summed E-state index contributed by atoms with van der Waals surface area (Å²) in [5.74, 6) is -0.350. The van der Waals surface area contributed by atoms with E-state index in [0.29, 0.717) is 37.6 Å². The highest BCUT2D eigenvalue weighted by Gasteiger charge is 2.69. The minimum Gasteiger partial charge on any atom is -0.462 e. The largest absolute Gasteiger partial charge is 0.462 e. The second kappa shape index (κ2) is 13.8. The molecule has 0 aromatic carbocycles. The van der Waals surface area contributed by atoms with Crippen LogP contribution >= 0.6 is 0 Å². The number of fused-ring (bicyclic) bond motifs is 5. The van der Waals surface area contributed by atoms with Crippen molar-refractivity contribution in [3.05, 3.63) is 0 Å². The molecule has 48 heavy (non-hydrogen) atoms. The molecule has 6 fully saturated rings. The number of amides is 1. The standard InChI is InChI=1S/C38H61NO9/c1-8-19-39-33(42)12-9-24(3)28-10-11-29-34-30(21-32(36(28,29)7)44-26(5)41)35(6)17-18-38(22-27(35)20-31(34)43-25(4)40)47-45-37(46-48-38)15-13-23(2)14-16-37/h23-24,27-32,34H,8-22H2,1-7H3,(H,39,42)/t23?,24-,27-,28-,29+,30+,31-,32+,34+,35+,36-,37?,38?/m1/s1. The van der Waals surface area contributed by atoms with E-state index >= 15 is 0 Å². The van der Waals surface area contributed by atoms with Crippen LogP contribution in [-0.2, 0) is 43.4 Å². The maximum absolute atomic E-state index is 12.7. The molecular formula is C38H61NO9. The first kappa shape index (κ1) is 36.1. The first-order valence-electron chi connectivity index (χ1n) is 19.1. The van der Waals surface area contributed by atoms with E-state index in [4.69, 9.17) is 29.0 Å². The van der Waals surface area contributed by atoms with Crippen LogP contribution in [0.1, 0.15) is 138 Å². The molecule has 0 unspecified atom stereocenters. The average molecular weight is 676 g/mol. The van der Waals surface area contributed by atoms with E-state index in [2.05, 4.69) is 39.9 Å². The predicted molar refractivity (Wildman–Crippen MR) is 176 cm³/mol. The number of carbonyl (C=O) groups excluding carboxylic acids is 3. The van der Waals surface area contributed by atoms with E-state index in [1.807, 2.05) is 0 Å². The summed E-state index contributed by atoms with van der Waals surface area (Å²) in [5, 5.41) is 3.02. The van der Waals surface area contributed by atoms with Gasteiger partial charge in [-0.05, 0) is 98.7 Å². The summed E-state index contributed by atoms with van der Waals surface area (Å²) in [6.45, 7) is 15.0. The zero-order chi connectivity index (χ0) is 34.5. The topological polar surface area (TPSA) is 119 Å². The lowest BCUT2D eigenvalue weighted by atomic mass is 9.42. The molecule has 1 saturated heterocycles. The third-order valence-electron chi connectivity index (χ3n) is 14.2. The molecule has 0 aromatic heterocycles. The molecule has 2 spiro atoms. The molecule has 10 nitrogen and oxygen atoms in total. The van der Waals surface area contributed by atoms with Gasteiger partial charge in [0, 0.05) is 63.8 Å². The van der Waals surface area contributed by atoms with Crippen molar-refractivity contribution < 1.29 is 43.4 Å². The molecule has 272 valence electrons. The van der Waals surface area contributed by atoms with E-state index in [0.717, 1.165) is 70.6 Å². The van der Waals surface area contributed by atoms with Gasteiger partial charge in [-0.3, -0.25) is 14.4 Å². The third-order valence-corrected chi connectivity index (χ3v) is 14.2. The van der Waals surface area contributed by atoms with Gasteiger partial charge in [0.15, 0.2) is 0 Å². The Kier molecular flexibility index (Phi) is 10.3. The van der Waals surface area contributed by atoms with Gasteiger partial charge in [-0.15, -0.1) is 0 Å². The van der Waals surface area contributed by atoms with Gasteiger partial charge >= 0.3 is 11.9 Å². The molecule has 6 aliphatic rings. The van der Waals surface area contributed by atoms with Crippen molar-refractivity contribution in [2.45, 2.75) is 162 Å². The minimum absolute atomic E-state index is 0.102. The van der Waals surface area contributed by atoms with E-state index in [9.17, 15) is 14.4 Å². The normalized spacial score (nSPS) is 45.8. The van der Waals surface area contributed by atoms with Gasteiger partial charge < -0.3 is 14.8 Å². The molecule has 1 heterocycles. The molecule has 5 saturated carbocycles. The molecule has 0 aromatic rings. The lowest BCUT2D eigenvalue weighted by Gasteiger charge is -2.65.